The van der Waals surface area contributed by atoms with Crippen LogP contribution in [0.15, 0.2) is 29.8 Å². The number of nitrogens with one attached hydrogen (secondary N) is 1. The highest BCUT2D eigenvalue weighted by atomic mass is 16.5. The third-order valence-corrected chi connectivity index (χ3v) is 3.42. The fourth-order valence-corrected chi connectivity index (χ4v) is 2.09. The number of hydrogen-bond donors (Lipinski definition) is 2. The average molecular weight is 290 g/mol. The van der Waals surface area contributed by atoms with E-state index in [4.69, 9.17) is 4.74 Å². The summed E-state index contributed by atoms with van der Waals surface area (Å²) in [4.78, 5) is 25.1. The van der Waals surface area contributed by atoms with E-state index in [0.29, 0.717) is 18.8 Å². The highest BCUT2D eigenvalue weighted by molar-refractivity contribution is 6.00. The molecule has 2 rings (SSSR count). The summed E-state index contributed by atoms with van der Waals surface area (Å²) in [6.45, 7) is 3.20. The number of rotatable bonds is 3. The molecule has 0 radical (unpaired) electrons. The molecule has 1 heterocycles. The fourth-order valence-electron chi connectivity index (χ4n) is 2.09. The molecule has 1 aromatic carbocycles. The molecule has 1 aliphatic rings. The minimum atomic E-state index is -1.11. The summed E-state index contributed by atoms with van der Waals surface area (Å²) in [6.07, 6.45) is 2.83. The Morgan fingerprint density at radius 2 is 2.14 bits per heavy atom. The summed E-state index contributed by atoms with van der Waals surface area (Å²) in [6, 6.07) is 4.23. The van der Waals surface area contributed by atoms with Gasteiger partial charge in [0.1, 0.15) is 5.75 Å². The van der Waals surface area contributed by atoms with Crippen LogP contribution in [-0.4, -0.2) is 42.2 Å². The molecule has 2 amide bonds. The lowest BCUT2D eigenvalue weighted by atomic mass is 10.1. The van der Waals surface area contributed by atoms with Gasteiger partial charge in [-0.2, -0.15) is 0 Å². The van der Waals surface area contributed by atoms with Gasteiger partial charge in [0.05, 0.1) is 18.4 Å². The van der Waals surface area contributed by atoms with Gasteiger partial charge in [0.25, 0.3) is 0 Å². The first-order chi connectivity index (χ1) is 10.0. The van der Waals surface area contributed by atoms with Crippen LogP contribution in [-0.2, 0) is 0 Å². The summed E-state index contributed by atoms with van der Waals surface area (Å²) < 4.78 is 5.00. The number of amides is 2. The molecule has 6 nitrogen and oxygen atoms in total. The number of anilines is 1. The minimum absolute atomic E-state index is 0.00596. The molecule has 0 atom stereocenters. The van der Waals surface area contributed by atoms with Crippen LogP contribution >= 0.6 is 0 Å². The summed E-state index contributed by atoms with van der Waals surface area (Å²) in [7, 11) is 1.46. The van der Waals surface area contributed by atoms with Crippen LogP contribution in [0.3, 0.4) is 0 Å². The molecular weight excluding hydrogens is 272 g/mol. The number of urea groups is 1. The van der Waals surface area contributed by atoms with Gasteiger partial charge in [-0.3, -0.25) is 0 Å². The van der Waals surface area contributed by atoms with E-state index in [1.165, 1.54) is 24.8 Å². The molecule has 2 N–H and O–H groups in total. The second-order valence-corrected chi connectivity index (χ2v) is 4.89. The van der Waals surface area contributed by atoms with Gasteiger partial charge in [-0.05, 0) is 31.5 Å². The van der Waals surface area contributed by atoms with Gasteiger partial charge in [0, 0.05) is 13.1 Å². The molecule has 0 saturated heterocycles. The molecule has 0 unspecified atom stereocenters. The number of carboxylic acid groups (broad SMARTS) is 1. The summed E-state index contributed by atoms with van der Waals surface area (Å²) in [5.74, 6) is -0.680. The number of carbonyl (C=O) groups excluding carboxylic acids is 1. The number of ether oxygens (including phenoxy) is 1. The molecule has 112 valence electrons. The third-order valence-electron chi connectivity index (χ3n) is 3.42. The van der Waals surface area contributed by atoms with E-state index in [1.807, 2.05) is 13.0 Å². The maximum absolute atomic E-state index is 12.2. The molecule has 21 heavy (non-hydrogen) atoms. The van der Waals surface area contributed by atoms with Crippen molar-refractivity contribution in [1.82, 2.24) is 4.90 Å². The number of methoxy groups -OCH3 is 1. The van der Waals surface area contributed by atoms with E-state index < -0.39 is 5.97 Å². The van der Waals surface area contributed by atoms with Crippen molar-refractivity contribution >= 4 is 17.7 Å². The Morgan fingerprint density at radius 1 is 1.38 bits per heavy atom. The topological polar surface area (TPSA) is 78.9 Å². The average Bonchev–Trinajstić information content (AvgIpc) is 2.48. The maximum atomic E-state index is 12.2. The molecule has 0 fully saturated rings. The lowest BCUT2D eigenvalue weighted by molar-refractivity contribution is 0.0697. The number of benzene rings is 1. The van der Waals surface area contributed by atoms with Crippen molar-refractivity contribution in [2.75, 3.05) is 25.5 Å². The second-order valence-electron chi connectivity index (χ2n) is 4.89. The van der Waals surface area contributed by atoms with Gasteiger partial charge in [0.15, 0.2) is 0 Å². The zero-order valence-electron chi connectivity index (χ0n) is 12.0. The Kier molecular flexibility index (Phi) is 4.47. The lowest BCUT2D eigenvalue weighted by Crippen LogP contribution is -2.38. The second kappa shape index (κ2) is 6.30. The summed E-state index contributed by atoms with van der Waals surface area (Å²) >= 11 is 0. The van der Waals surface area contributed by atoms with E-state index in [1.54, 1.807) is 11.0 Å². The Balaban J connectivity index is 2.15. The Morgan fingerprint density at radius 3 is 2.71 bits per heavy atom. The Hall–Kier alpha value is -2.50. The van der Waals surface area contributed by atoms with Crippen LogP contribution in [0.25, 0.3) is 0 Å². The first-order valence-electron chi connectivity index (χ1n) is 6.64. The lowest BCUT2D eigenvalue weighted by Gasteiger charge is -2.26. The first-order valence-corrected chi connectivity index (χ1v) is 6.64. The van der Waals surface area contributed by atoms with E-state index >= 15 is 0 Å². The number of carbonyl (C=O) groups is 2. The minimum Gasteiger partial charge on any atom is -0.497 e. The molecule has 0 aromatic heterocycles. The van der Waals surface area contributed by atoms with Gasteiger partial charge >= 0.3 is 12.0 Å². The van der Waals surface area contributed by atoms with E-state index in [-0.39, 0.29) is 17.3 Å². The van der Waals surface area contributed by atoms with Crippen LogP contribution < -0.4 is 10.1 Å². The van der Waals surface area contributed by atoms with E-state index in [2.05, 4.69) is 5.32 Å². The predicted molar refractivity (Wildman–Crippen MR) is 78.9 cm³/mol. The highest BCUT2D eigenvalue weighted by Crippen LogP contribution is 2.23. The number of hydrogen-bond acceptors (Lipinski definition) is 3. The predicted octanol–water partition coefficient (Wildman–Crippen LogP) is 2.58. The van der Waals surface area contributed by atoms with Crippen LogP contribution in [0, 0.1) is 0 Å². The summed E-state index contributed by atoms with van der Waals surface area (Å²) in [5.41, 5.74) is 1.53. The molecule has 0 bridgehead atoms. The number of carboxylic acids is 1. The van der Waals surface area contributed by atoms with Crippen LogP contribution in [0.4, 0.5) is 10.5 Å². The Bertz CT molecular complexity index is 595. The quantitative estimate of drug-likeness (QED) is 0.839. The molecule has 0 aliphatic carbocycles. The van der Waals surface area contributed by atoms with E-state index in [0.717, 1.165) is 6.42 Å². The monoisotopic (exact) mass is 290 g/mol. The molecule has 1 aliphatic heterocycles. The van der Waals surface area contributed by atoms with E-state index in [9.17, 15) is 14.7 Å². The van der Waals surface area contributed by atoms with Crippen molar-refractivity contribution in [2.24, 2.45) is 0 Å². The molecule has 0 spiro atoms. The number of nitrogens with zero attached hydrogens (tertiary/aromatic N) is 1. The highest BCUT2D eigenvalue weighted by Gasteiger charge is 2.19. The molecule has 6 heteroatoms. The van der Waals surface area contributed by atoms with Crippen LogP contribution in [0.5, 0.6) is 5.75 Å². The molecular formula is C15H18N2O4. The fraction of sp³-hybridized carbons (Fsp3) is 0.333. The molecule has 0 saturated carbocycles. The van der Waals surface area contributed by atoms with Crippen molar-refractivity contribution in [2.45, 2.75) is 13.3 Å². The summed E-state index contributed by atoms with van der Waals surface area (Å²) in [5, 5.41) is 11.9. The van der Waals surface area contributed by atoms with Crippen molar-refractivity contribution in [3.63, 3.8) is 0 Å². The van der Waals surface area contributed by atoms with Crippen molar-refractivity contribution in [3.8, 4) is 5.75 Å². The Labute approximate surface area is 123 Å². The third kappa shape index (κ3) is 3.53. The zero-order valence-corrected chi connectivity index (χ0v) is 12.0. The first kappa shape index (κ1) is 14.9. The number of aromatic carboxylic acids is 1. The van der Waals surface area contributed by atoms with Crippen LogP contribution in [0.1, 0.15) is 23.7 Å². The standard InChI is InChI=1S/C15H18N2O4/c1-10-5-7-17(8-6-10)15(20)16-13-4-3-11(21-2)9-12(13)14(18)19/h3-5,9H,6-8H2,1-2H3,(H,16,20)(H,18,19). The van der Waals surface area contributed by atoms with Gasteiger partial charge in [-0.15, -0.1) is 0 Å². The normalized spacial score (nSPS) is 14.4. The van der Waals surface area contributed by atoms with Crippen LogP contribution in [0.2, 0.25) is 0 Å². The van der Waals surface area contributed by atoms with Gasteiger partial charge < -0.3 is 20.1 Å². The van der Waals surface area contributed by atoms with Crippen molar-refractivity contribution in [1.29, 1.82) is 0 Å². The smallest absolute Gasteiger partial charge is 0.337 e. The van der Waals surface area contributed by atoms with Gasteiger partial charge in [-0.25, -0.2) is 9.59 Å². The van der Waals surface area contributed by atoms with Gasteiger partial charge in [0.2, 0.25) is 0 Å². The van der Waals surface area contributed by atoms with Crippen molar-refractivity contribution < 1.29 is 19.4 Å². The zero-order chi connectivity index (χ0) is 15.4. The maximum Gasteiger partial charge on any atom is 0.337 e. The van der Waals surface area contributed by atoms with Gasteiger partial charge in [-0.1, -0.05) is 11.6 Å². The molecule has 1 aromatic rings. The SMILES string of the molecule is COc1ccc(NC(=O)N2CC=C(C)CC2)c(C(=O)O)c1. The largest absolute Gasteiger partial charge is 0.497 e. The van der Waals surface area contributed by atoms with Crippen molar-refractivity contribution in [3.05, 3.63) is 35.4 Å².